The van der Waals surface area contributed by atoms with Crippen LogP contribution in [0.5, 0.6) is 0 Å². The van der Waals surface area contributed by atoms with Crippen LogP contribution in [0.1, 0.15) is 31.5 Å². The van der Waals surface area contributed by atoms with Crippen LogP contribution in [0, 0.1) is 5.82 Å². The van der Waals surface area contributed by atoms with Crippen molar-refractivity contribution in [3.05, 3.63) is 35.7 Å². The lowest BCUT2D eigenvalue weighted by atomic mass is 10.2. The van der Waals surface area contributed by atoms with E-state index in [1.54, 1.807) is 6.07 Å². The Balaban J connectivity index is 2.02. The fourth-order valence-corrected chi connectivity index (χ4v) is 2.14. The summed E-state index contributed by atoms with van der Waals surface area (Å²) in [5, 5.41) is 3.87. The molecule has 0 aliphatic heterocycles. The first-order chi connectivity index (χ1) is 8.56. The molecule has 4 nitrogen and oxygen atoms in total. The SMILES string of the molecule is CC(C)c1noc(CSc2ccc(F)cc2N)n1. The zero-order valence-corrected chi connectivity index (χ0v) is 11.0. The number of nitrogens with zero attached hydrogens (tertiary/aromatic N) is 2. The minimum Gasteiger partial charge on any atom is -0.398 e. The van der Waals surface area contributed by atoms with E-state index in [9.17, 15) is 4.39 Å². The Morgan fingerprint density at radius 3 is 2.83 bits per heavy atom. The molecule has 2 aromatic rings. The van der Waals surface area contributed by atoms with E-state index in [2.05, 4.69) is 10.1 Å². The fraction of sp³-hybridized carbons (Fsp3) is 0.333. The van der Waals surface area contributed by atoms with Crippen molar-refractivity contribution < 1.29 is 8.91 Å². The number of anilines is 1. The summed E-state index contributed by atoms with van der Waals surface area (Å²) in [5.41, 5.74) is 6.13. The van der Waals surface area contributed by atoms with Crippen LogP contribution in [0.25, 0.3) is 0 Å². The highest BCUT2D eigenvalue weighted by atomic mass is 32.2. The smallest absolute Gasteiger partial charge is 0.237 e. The van der Waals surface area contributed by atoms with Gasteiger partial charge in [0.25, 0.3) is 0 Å². The molecule has 2 rings (SSSR count). The van der Waals surface area contributed by atoms with Gasteiger partial charge >= 0.3 is 0 Å². The summed E-state index contributed by atoms with van der Waals surface area (Å²) in [7, 11) is 0. The number of thioether (sulfide) groups is 1. The summed E-state index contributed by atoms with van der Waals surface area (Å²) < 4.78 is 18.0. The van der Waals surface area contributed by atoms with Crippen LogP contribution in [0.3, 0.4) is 0 Å². The van der Waals surface area contributed by atoms with Crippen molar-refractivity contribution in [1.29, 1.82) is 0 Å². The molecule has 0 fully saturated rings. The monoisotopic (exact) mass is 267 g/mol. The molecule has 0 amide bonds. The lowest BCUT2D eigenvalue weighted by Gasteiger charge is -2.02. The number of benzene rings is 1. The molecule has 0 aliphatic carbocycles. The lowest BCUT2D eigenvalue weighted by Crippen LogP contribution is -1.92. The predicted molar refractivity (Wildman–Crippen MR) is 68.8 cm³/mol. The zero-order chi connectivity index (χ0) is 13.1. The highest BCUT2D eigenvalue weighted by Gasteiger charge is 2.10. The van der Waals surface area contributed by atoms with Crippen LogP contribution in [0.2, 0.25) is 0 Å². The Morgan fingerprint density at radius 2 is 2.22 bits per heavy atom. The summed E-state index contributed by atoms with van der Waals surface area (Å²) >= 11 is 1.45. The lowest BCUT2D eigenvalue weighted by molar-refractivity contribution is 0.383. The maximum absolute atomic E-state index is 12.9. The van der Waals surface area contributed by atoms with Gasteiger partial charge in [-0.3, -0.25) is 0 Å². The van der Waals surface area contributed by atoms with E-state index in [1.165, 1.54) is 23.9 Å². The average Bonchev–Trinajstić information content (AvgIpc) is 2.76. The van der Waals surface area contributed by atoms with Gasteiger partial charge in [0, 0.05) is 16.5 Å². The van der Waals surface area contributed by atoms with Gasteiger partial charge < -0.3 is 10.3 Å². The fourth-order valence-electron chi connectivity index (χ4n) is 1.35. The normalized spacial score (nSPS) is 11.1. The molecular weight excluding hydrogens is 253 g/mol. The number of rotatable bonds is 4. The van der Waals surface area contributed by atoms with E-state index < -0.39 is 0 Å². The van der Waals surface area contributed by atoms with E-state index in [1.807, 2.05) is 13.8 Å². The third-order valence-electron chi connectivity index (χ3n) is 2.32. The first kappa shape index (κ1) is 12.9. The third kappa shape index (κ3) is 3.01. The van der Waals surface area contributed by atoms with Crippen molar-refractivity contribution in [3.63, 3.8) is 0 Å². The van der Waals surface area contributed by atoms with Crippen LogP contribution < -0.4 is 5.73 Å². The number of halogens is 1. The summed E-state index contributed by atoms with van der Waals surface area (Å²) in [4.78, 5) is 5.06. The van der Waals surface area contributed by atoms with Gasteiger partial charge in [0.05, 0.1) is 5.75 Å². The van der Waals surface area contributed by atoms with Gasteiger partial charge in [0.1, 0.15) is 5.82 Å². The highest BCUT2D eigenvalue weighted by molar-refractivity contribution is 7.98. The van der Waals surface area contributed by atoms with E-state index in [0.29, 0.717) is 23.2 Å². The second kappa shape index (κ2) is 5.39. The molecule has 1 aromatic heterocycles. The van der Waals surface area contributed by atoms with Gasteiger partial charge in [-0.2, -0.15) is 4.98 Å². The predicted octanol–water partition coefficient (Wildman–Crippen LogP) is 3.21. The molecule has 0 spiro atoms. The molecule has 0 atom stereocenters. The molecule has 1 heterocycles. The number of nitrogens with two attached hydrogens (primary N) is 1. The van der Waals surface area contributed by atoms with E-state index in [-0.39, 0.29) is 11.7 Å². The molecule has 6 heteroatoms. The number of nitrogen functional groups attached to an aromatic ring is 1. The van der Waals surface area contributed by atoms with Crippen molar-refractivity contribution in [3.8, 4) is 0 Å². The molecule has 0 bridgehead atoms. The number of aromatic nitrogens is 2. The number of hydrogen-bond acceptors (Lipinski definition) is 5. The standard InChI is InChI=1S/C12H14FN3OS/c1-7(2)12-15-11(17-16-12)6-18-10-4-3-8(13)5-9(10)14/h3-5,7H,6,14H2,1-2H3. The minimum atomic E-state index is -0.336. The molecule has 0 unspecified atom stereocenters. The second-order valence-corrected chi connectivity index (χ2v) is 5.19. The quantitative estimate of drug-likeness (QED) is 0.680. The Bertz CT molecular complexity index is 542. The van der Waals surface area contributed by atoms with Crippen molar-refractivity contribution >= 4 is 17.4 Å². The van der Waals surface area contributed by atoms with Gasteiger partial charge in [-0.25, -0.2) is 4.39 Å². The molecule has 0 saturated carbocycles. The van der Waals surface area contributed by atoms with Crippen molar-refractivity contribution in [2.45, 2.75) is 30.4 Å². The van der Waals surface area contributed by atoms with E-state index in [0.717, 1.165) is 4.90 Å². The molecule has 2 N–H and O–H groups in total. The minimum absolute atomic E-state index is 0.239. The third-order valence-corrected chi connectivity index (χ3v) is 3.40. The van der Waals surface area contributed by atoms with Crippen molar-refractivity contribution in [2.24, 2.45) is 0 Å². The second-order valence-electron chi connectivity index (χ2n) is 4.17. The Hall–Kier alpha value is -1.56. The van der Waals surface area contributed by atoms with Gasteiger partial charge in [-0.1, -0.05) is 19.0 Å². The van der Waals surface area contributed by atoms with Crippen LogP contribution in [-0.4, -0.2) is 10.1 Å². The van der Waals surface area contributed by atoms with Crippen LogP contribution in [0.4, 0.5) is 10.1 Å². The largest absolute Gasteiger partial charge is 0.398 e. The summed E-state index contributed by atoms with van der Waals surface area (Å²) in [6.45, 7) is 4.00. The maximum Gasteiger partial charge on any atom is 0.237 e. The van der Waals surface area contributed by atoms with Crippen molar-refractivity contribution in [1.82, 2.24) is 10.1 Å². The first-order valence-corrected chi connectivity index (χ1v) is 6.55. The summed E-state index contributed by atoms with van der Waals surface area (Å²) in [6.07, 6.45) is 0. The first-order valence-electron chi connectivity index (χ1n) is 5.56. The molecule has 0 saturated heterocycles. The summed E-state index contributed by atoms with van der Waals surface area (Å²) in [5.74, 6) is 1.67. The van der Waals surface area contributed by atoms with Gasteiger partial charge in [-0.05, 0) is 18.2 Å². The average molecular weight is 267 g/mol. The van der Waals surface area contributed by atoms with Gasteiger partial charge in [0.2, 0.25) is 5.89 Å². The molecule has 96 valence electrons. The van der Waals surface area contributed by atoms with Crippen molar-refractivity contribution in [2.75, 3.05) is 5.73 Å². The van der Waals surface area contributed by atoms with E-state index in [4.69, 9.17) is 10.3 Å². The summed E-state index contributed by atoms with van der Waals surface area (Å²) in [6, 6.07) is 4.33. The molecule has 0 aliphatic rings. The Labute approximate surface area is 109 Å². The Morgan fingerprint density at radius 1 is 1.44 bits per heavy atom. The number of hydrogen-bond donors (Lipinski definition) is 1. The van der Waals surface area contributed by atoms with Crippen LogP contribution >= 0.6 is 11.8 Å². The van der Waals surface area contributed by atoms with Gasteiger partial charge in [0.15, 0.2) is 5.82 Å². The topological polar surface area (TPSA) is 64.9 Å². The highest BCUT2D eigenvalue weighted by Crippen LogP contribution is 2.28. The van der Waals surface area contributed by atoms with Crippen LogP contribution in [-0.2, 0) is 5.75 Å². The maximum atomic E-state index is 12.9. The zero-order valence-electron chi connectivity index (χ0n) is 10.2. The van der Waals surface area contributed by atoms with E-state index >= 15 is 0 Å². The van der Waals surface area contributed by atoms with Gasteiger partial charge in [-0.15, -0.1) is 11.8 Å². The van der Waals surface area contributed by atoms with Crippen LogP contribution in [0.15, 0.2) is 27.6 Å². The Kier molecular flexibility index (Phi) is 3.86. The molecular formula is C12H14FN3OS. The molecule has 18 heavy (non-hydrogen) atoms. The molecule has 1 aromatic carbocycles. The molecule has 0 radical (unpaired) electrons.